The van der Waals surface area contributed by atoms with Crippen molar-refractivity contribution in [2.45, 2.75) is 31.8 Å². The molecule has 1 aliphatic heterocycles. The molecule has 2 aliphatic rings. The number of aromatic nitrogens is 2. The Morgan fingerprint density at radius 2 is 1.90 bits per heavy atom. The van der Waals surface area contributed by atoms with Crippen molar-refractivity contribution in [1.29, 1.82) is 0 Å². The zero-order valence-corrected chi connectivity index (χ0v) is 18.0. The van der Waals surface area contributed by atoms with E-state index in [2.05, 4.69) is 44.3 Å². The highest BCUT2D eigenvalue weighted by atomic mass is 19.1. The van der Waals surface area contributed by atoms with E-state index in [1.165, 1.54) is 43.6 Å². The van der Waals surface area contributed by atoms with Crippen molar-refractivity contribution >= 4 is 0 Å². The van der Waals surface area contributed by atoms with Crippen molar-refractivity contribution in [1.82, 2.24) is 20.0 Å². The van der Waals surface area contributed by atoms with E-state index in [4.69, 9.17) is 4.74 Å². The van der Waals surface area contributed by atoms with Crippen LogP contribution in [0.15, 0.2) is 48.7 Å². The molecule has 1 atom stereocenters. The number of fused-ring (bicyclic) bond motifs is 1. The summed E-state index contributed by atoms with van der Waals surface area (Å²) in [5, 5.41) is 7.28. The van der Waals surface area contributed by atoms with Gasteiger partial charge in [0, 0.05) is 49.9 Å². The number of aromatic amines is 1. The van der Waals surface area contributed by atoms with Gasteiger partial charge in [0.25, 0.3) is 0 Å². The molecule has 1 N–H and O–H groups in total. The van der Waals surface area contributed by atoms with Crippen molar-refractivity contribution in [3.8, 4) is 17.0 Å². The fourth-order valence-electron chi connectivity index (χ4n) is 5.02. The Balaban J connectivity index is 1.20. The Kier molecular flexibility index (Phi) is 5.74. The molecular formula is C25H29FN4O. The second kappa shape index (κ2) is 8.81. The molecular weight excluding hydrogens is 391 g/mol. The van der Waals surface area contributed by atoms with E-state index in [0.29, 0.717) is 6.04 Å². The summed E-state index contributed by atoms with van der Waals surface area (Å²) < 4.78 is 19.2. The number of H-pyrrole nitrogens is 1. The highest BCUT2D eigenvalue weighted by Crippen LogP contribution is 2.28. The van der Waals surface area contributed by atoms with Crippen LogP contribution in [0.4, 0.5) is 4.39 Å². The van der Waals surface area contributed by atoms with Crippen LogP contribution in [0.5, 0.6) is 5.75 Å². The lowest BCUT2D eigenvalue weighted by atomic mass is 9.87. The smallest absolute Gasteiger partial charge is 0.165 e. The van der Waals surface area contributed by atoms with Crippen LogP contribution in [-0.2, 0) is 19.4 Å². The Morgan fingerprint density at radius 1 is 1.10 bits per heavy atom. The van der Waals surface area contributed by atoms with Crippen molar-refractivity contribution in [2.24, 2.45) is 0 Å². The monoisotopic (exact) mass is 420 g/mol. The fourth-order valence-corrected chi connectivity index (χ4v) is 5.02. The summed E-state index contributed by atoms with van der Waals surface area (Å²) in [7, 11) is 1.48. The molecule has 0 amide bonds. The third-order valence-electron chi connectivity index (χ3n) is 6.80. The molecule has 1 aromatic heterocycles. The quantitative estimate of drug-likeness (QED) is 0.680. The zero-order valence-electron chi connectivity index (χ0n) is 18.0. The number of piperazine rings is 1. The maximum atomic E-state index is 14.2. The Hall–Kier alpha value is -2.70. The fraction of sp³-hybridized carbons (Fsp3) is 0.400. The standard InChI is InChI=1S/C25H29FN4O/c1-31-24-9-7-20(15-23(24)26)25-21(16-27-28-25)17-29-10-12-30(13-11-29)22-8-6-18-4-2-3-5-19(18)14-22/h2-5,7,9,15-16,22H,6,8,10-14,17H2,1H3,(H,27,28)/t22-/m0/s1. The molecule has 0 unspecified atom stereocenters. The topological polar surface area (TPSA) is 44.4 Å². The predicted molar refractivity (Wildman–Crippen MR) is 120 cm³/mol. The van der Waals surface area contributed by atoms with Crippen LogP contribution in [-0.4, -0.2) is 59.3 Å². The molecule has 2 heterocycles. The Morgan fingerprint density at radius 3 is 2.68 bits per heavy atom. The van der Waals surface area contributed by atoms with Gasteiger partial charge in [-0.25, -0.2) is 4.39 Å². The highest BCUT2D eigenvalue weighted by molar-refractivity contribution is 5.63. The lowest BCUT2D eigenvalue weighted by molar-refractivity contribution is 0.0857. The molecule has 5 nitrogen and oxygen atoms in total. The number of benzene rings is 2. The number of methoxy groups -OCH3 is 1. The van der Waals surface area contributed by atoms with Crippen LogP contribution in [0.2, 0.25) is 0 Å². The molecule has 6 heteroatoms. The summed E-state index contributed by atoms with van der Waals surface area (Å²) in [5.74, 6) is -0.102. The molecule has 5 rings (SSSR count). The third-order valence-corrected chi connectivity index (χ3v) is 6.80. The molecule has 0 spiro atoms. The van der Waals surface area contributed by atoms with Gasteiger partial charge in [-0.2, -0.15) is 5.10 Å². The first-order valence-corrected chi connectivity index (χ1v) is 11.1. The maximum Gasteiger partial charge on any atom is 0.165 e. The minimum Gasteiger partial charge on any atom is -0.494 e. The van der Waals surface area contributed by atoms with Crippen molar-refractivity contribution < 1.29 is 9.13 Å². The van der Waals surface area contributed by atoms with E-state index in [-0.39, 0.29) is 11.6 Å². The van der Waals surface area contributed by atoms with Crippen molar-refractivity contribution in [3.05, 3.63) is 71.2 Å². The molecule has 162 valence electrons. The van der Waals surface area contributed by atoms with E-state index >= 15 is 0 Å². The first-order chi connectivity index (χ1) is 15.2. The van der Waals surface area contributed by atoms with Crippen LogP contribution in [0, 0.1) is 5.82 Å². The third kappa shape index (κ3) is 4.23. The lowest BCUT2D eigenvalue weighted by Gasteiger charge is -2.41. The van der Waals surface area contributed by atoms with Crippen LogP contribution in [0.3, 0.4) is 0 Å². The van der Waals surface area contributed by atoms with Gasteiger partial charge in [0.05, 0.1) is 19.0 Å². The van der Waals surface area contributed by atoms with E-state index in [0.717, 1.165) is 49.5 Å². The van der Waals surface area contributed by atoms with Crippen LogP contribution in [0.25, 0.3) is 11.3 Å². The summed E-state index contributed by atoms with van der Waals surface area (Å²) in [6.45, 7) is 5.09. The van der Waals surface area contributed by atoms with Gasteiger partial charge < -0.3 is 4.74 Å². The number of hydrogen-bond acceptors (Lipinski definition) is 4. The van der Waals surface area contributed by atoms with Gasteiger partial charge in [-0.3, -0.25) is 14.9 Å². The average molecular weight is 421 g/mol. The second-order valence-electron chi connectivity index (χ2n) is 8.60. The van der Waals surface area contributed by atoms with Crippen molar-refractivity contribution in [3.63, 3.8) is 0 Å². The second-order valence-corrected chi connectivity index (χ2v) is 8.60. The molecule has 2 aromatic carbocycles. The molecule has 0 bridgehead atoms. The van der Waals surface area contributed by atoms with E-state index < -0.39 is 0 Å². The van der Waals surface area contributed by atoms with Gasteiger partial charge in [-0.05, 0) is 48.6 Å². The normalized spacial score (nSPS) is 19.9. The molecule has 1 fully saturated rings. The summed E-state index contributed by atoms with van der Waals surface area (Å²) in [6, 6.07) is 14.6. The van der Waals surface area contributed by atoms with Gasteiger partial charge in [-0.1, -0.05) is 24.3 Å². The Labute approximate surface area is 182 Å². The van der Waals surface area contributed by atoms with Gasteiger partial charge in [0.2, 0.25) is 0 Å². The maximum absolute atomic E-state index is 14.2. The highest BCUT2D eigenvalue weighted by Gasteiger charge is 2.27. The molecule has 1 saturated heterocycles. The zero-order chi connectivity index (χ0) is 21.2. The van der Waals surface area contributed by atoms with Gasteiger partial charge in [-0.15, -0.1) is 0 Å². The lowest BCUT2D eigenvalue weighted by Crippen LogP contribution is -2.51. The molecule has 0 saturated carbocycles. The number of ether oxygens (including phenoxy) is 1. The molecule has 1 aliphatic carbocycles. The average Bonchev–Trinajstić information content (AvgIpc) is 3.27. The van der Waals surface area contributed by atoms with E-state index in [1.54, 1.807) is 6.07 Å². The summed E-state index contributed by atoms with van der Waals surface area (Å²) in [6.07, 6.45) is 5.48. The number of rotatable bonds is 5. The van der Waals surface area contributed by atoms with Crippen LogP contribution >= 0.6 is 0 Å². The van der Waals surface area contributed by atoms with Gasteiger partial charge in [0.15, 0.2) is 11.6 Å². The molecule has 0 radical (unpaired) electrons. The summed E-state index contributed by atoms with van der Waals surface area (Å²) in [4.78, 5) is 5.14. The van der Waals surface area contributed by atoms with Gasteiger partial charge in [0.1, 0.15) is 0 Å². The molecule has 31 heavy (non-hydrogen) atoms. The minimum absolute atomic E-state index is 0.256. The predicted octanol–water partition coefficient (Wildman–Crippen LogP) is 3.90. The van der Waals surface area contributed by atoms with E-state index in [9.17, 15) is 4.39 Å². The summed E-state index contributed by atoms with van der Waals surface area (Å²) in [5.41, 5.74) is 5.83. The van der Waals surface area contributed by atoms with Crippen LogP contribution < -0.4 is 4.74 Å². The first-order valence-electron chi connectivity index (χ1n) is 11.1. The summed E-state index contributed by atoms with van der Waals surface area (Å²) >= 11 is 0. The number of halogens is 1. The molecule has 3 aromatic rings. The number of aryl methyl sites for hydroxylation is 1. The number of nitrogens with one attached hydrogen (secondary N) is 1. The largest absolute Gasteiger partial charge is 0.494 e. The van der Waals surface area contributed by atoms with E-state index in [1.807, 2.05) is 12.3 Å². The van der Waals surface area contributed by atoms with Crippen molar-refractivity contribution in [2.75, 3.05) is 33.3 Å². The number of nitrogens with zero attached hydrogens (tertiary/aromatic N) is 3. The van der Waals surface area contributed by atoms with Gasteiger partial charge >= 0.3 is 0 Å². The minimum atomic E-state index is -0.358. The SMILES string of the molecule is COc1ccc(-c2[nH]ncc2CN2CCN([C@H]3CCc4ccccc4C3)CC2)cc1F. The Bertz CT molecular complexity index is 1040. The number of hydrogen-bond donors (Lipinski definition) is 1. The first kappa shape index (κ1) is 20.2. The van der Waals surface area contributed by atoms with Crippen LogP contribution in [0.1, 0.15) is 23.1 Å².